The molecule has 1 rings (SSSR count). The van der Waals surface area contributed by atoms with Gasteiger partial charge in [-0.25, -0.2) is 0 Å². The van der Waals surface area contributed by atoms with Gasteiger partial charge in [-0.05, 0) is 45.1 Å². The number of carbonyl (C=O) groups is 1. The van der Waals surface area contributed by atoms with Crippen LogP contribution in [-0.4, -0.2) is 17.5 Å². The molecule has 0 saturated carbocycles. The highest BCUT2D eigenvalue weighted by atomic mass is 16.3. The van der Waals surface area contributed by atoms with Gasteiger partial charge in [0.05, 0.1) is 6.10 Å². The van der Waals surface area contributed by atoms with Crippen molar-refractivity contribution in [2.24, 2.45) is 11.3 Å². The van der Waals surface area contributed by atoms with E-state index in [9.17, 15) is 9.90 Å². The molecule has 1 N–H and O–H groups in total. The van der Waals surface area contributed by atoms with Crippen LogP contribution in [0.25, 0.3) is 0 Å². The van der Waals surface area contributed by atoms with Crippen molar-refractivity contribution in [3.63, 3.8) is 0 Å². The average molecular weight is 367 g/mol. The molecular formula is C25H34O2. The lowest BCUT2D eigenvalue weighted by Crippen LogP contribution is -2.32. The number of aldehydes is 1. The highest BCUT2D eigenvalue weighted by molar-refractivity contribution is 5.72. The molecule has 0 aromatic rings. The Bertz CT molecular complexity index is 721. The number of aliphatic hydroxyl groups is 1. The Morgan fingerprint density at radius 1 is 1.00 bits per heavy atom. The van der Waals surface area contributed by atoms with E-state index in [1.807, 2.05) is 37.3 Å². The highest BCUT2D eigenvalue weighted by Crippen LogP contribution is 2.41. The monoisotopic (exact) mass is 366 g/mol. The van der Waals surface area contributed by atoms with Crippen molar-refractivity contribution in [1.82, 2.24) is 0 Å². The van der Waals surface area contributed by atoms with E-state index in [0.717, 1.165) is 18.3 Å². The minimum Gasteiger partial charge on any atom is -0.389 e. The lowest BCUT2D eigenvalue weighted by atomic mass is 9.67. The van der Waals surface area contributed by atoms with Crippen molar-refractivity contribution in [2.45, 2.75) is 54.1 Å². The van der Waals surface area contributed by atoms with E-state index in [-0.39, 0.29) is 11.5 Å². The van der Waals surface area contributed by atoms with Gasteiger partial charge in [-0.2, -0.15) is 0 Å². The smallest absolute Gasteiger partial charge is 0.145 e. The summed E-state index contributed by atoms with van der Waals surface area (Å²) in [5, 5.41) is 9.95. The molecule has 0 unspecified atom stereocenters. The number of carbonyl (C=O) groups excluding carboxylic acids is 1. The molecule has 2 atom stereocenters. The van der Waals surface area contributed by atoms with Crippen LogP contribution in [0.15, 0.2) is 83.1 Å². The molecule has 0 heterocycles. The summed E-state index contributed by atoms with van der Waals surface area (Å²) in [6.45, 7) is 12.5. The number of hydrogen-bond donors (Lipinski definition) is 1. The molecule has 0 aromatic carbocycles. The van der Waals surface area contributed by atoms with Crippen molar-refractivity contribution in [1.29, 1.82) is 0 Å². The van der Waals surface area contributed by atoms with E-state index in [4.69, 9.17) is 0 Å². The molecule has 0 saturated heterocycles. The third-order valence-corrected chi connectivity index (χ3v) is 4.81. The maximum atomic E-state index is 10.5. The first-order valence-corrected chi connectivity index (χ1v) is 9.52. The zero-order valence-corrected chi connectivity index (χ0v) is 17.6. The van der Waals surface area contributed by atoms with Crippen LogP contribution in [-0.2, 0) is 4.79 Å². The zero-order chi connectivity index (χ0) is 20.4. The molecule has 146 valence electrons. The van der Waals surface area contributed by atoms with Crippen LogP contribution in [0, 0.1) is 11.3 Å². The minimum atomic E-state index is -0.328. The Hall–Kier alpha value is -2.19. The molecule has 1 aliphatic rings. The molecule has 0 amide bonds. The van der Waals surface area contributed by atoms with Gasteiger partial charge in [0.15, 0.2) is 0 Å². The van der Waals surface area contributed by atoms with Gasteiger partial charge in [0.1, 0.15) is 6.29 Å². The van der Waals surface area contributed by atoms with E-state index >= 15 is 0 Å². The molecule has 1 aliphatic carbocycles. The molecular weight excluding hydrogens is 332 g/mol. The second kappa shape index (κ2) is 10.8. The van der Waals surface area contributed by atoms with E-state index in [0.29, 0.717) is 11.5 Å². The fraction of sp³-hybridized carbons (Fsp3) is 0.400. The largest absolute Gasteiger partial charge is 0.389 e. The summed E-state index contributed by atoms with van der Waals surface area (Å²) in [6.07, 6.45) is 21.5. The molecule has 0 bridgehead atoms. The summed E-state index contributed by atoms with van der Waals surface area (Å²) >= 11 is 0. The van der Waals surface area contributed by atoms with Gasteiger partial charge in [0, 0.05) is 5.92 Å². The Morgan fingerprint density at radius 2 is 1.56 bits per heavy atom. The SMILES string of the molecule is CC1=C[C@H](O)CC(C)(C)[C@@H]1/C=C/C(C)=C/C=C/C(C)=C/C=C/C=C(\C)C=O. The molecule has 0 fully saturated rings. The molecule has 27 heavy (non-hydrogen) atoms. The van der Waals surface area contributed by atoms with Crippen LogP contribution in [0.4, 0.5) is 0 Å². The number of hydrogen-bond acceptors (Lipinski definition) is 2. The molecule has 0 radical (unpaired) electrons. The molecule has 0 aromatic heterocycles. The van der Waals surface area contributed by atoms with Gasteiger partial charge >= 0.3 is 0 Å². The topological polar surface area (TPSA) is 37.3 Å². The third-order valence-electron chi connectivity index (χ3n) is 4.81. The van der Waals surface area contributed by atoms with Crippen molar-refractivity contribution in [3.8, 4) is 0 Å². The quantitative estimate of drug-likeness (QED) is 0.258. The average Bonchev–Trinajstić information content (AvgIpc) is 2.56. The summed E-state index contributed by atoms with van der Waals surface area (Å²) in [6, 6.07) is 0. The van der Waals surface area contributed by atoms with Crippen LogP contribution >= 0.6 is 0 Å². The van der Waals surface area contributed by atoms with Gasteiger partial charge in [-0.3, -0.25) is 4.79 Å². The first kappa shape index (κ1) is 22.9. The second-order valence-corrected chi connectivity index (χ2v) is 8.10. The maximum absolute atomic E-state index is 10.5. The highest BCUT2D eigenvalue weighted by Gasteiger charge is 2.34. The Labute approximate surface area is 165 Å². The van der Waals surface area contributed by atoms with Gasteiger partial charge < -0.3 is 5.11 Å². The van der Waals surface area contributed by atoms with Gasteiger partial charge in [-0.15, -0.1) is 0 Å². The van der Waals surface area contributed by atoms with Gasteiger partial charge in [0.2, 0.25) is 0 Å². The van der Waals surface area contributed by atoms with E-state index in [1.165, 1.54) is 11.1 Å². The van der Waals surface area contributed by atoms with Crippen molar-refractivity contribution in [2.75, 3.05) is 0 Å². The number of aliphatic hydroxyl groups excluding tert-OH is 1. The summed E-state index contributed by atoms with van der Waals surface area (Å²) in [4.78, 5) is 10.5. The standard InChI is InChI=1S/C25H34O2/c1-19(10-7-8-11-21(3)18-26)12-9-13-20(2)14-15-24-22(4)16-23(27)17-25(24,5)6/h7-16,18,23-24,27H,17H2,1-6H3/b8-7+,12-9+,15-14+,19-10+,20-13+,21-11+/t23-,24+/m0/s1. The predicted octanol–water partition coefficient (Wildman–Crippen LogP) is 6.05. The van der Waals surface area contributed by atoms with E-state index < -0.39 is 0 Å². The summed E-state index contributed by atoms with van der Waals surface area (Å²) in [5.74, 6) is 0.350. The Morgan fingerprint density at radius 3 is 2.15 bits per heavy atom. The lowest BCUT2D eigenvalue weighted by molar-refractivity contribution is -0.104. The van der Waals surface area contributed by atoms with Gasteiger partial charge in [-0.1, -0.05) is 91.3 Å². The van der Waals surface area contributed by atoms with E-state index in [1.54, 1.807) is 13.0 Å². The van der Waals surface area contributed by atoms with Crippen LogP contribution in [0.3, 0.4) is 0 Å². The van der Waals surface area contributed by atoms with E-state index in [2.05, 4.69) is 52.0 Å². The normalized spacial score (nSPS) is 24.9. The summed E-state index contributed by atoms with van der Waals surface area (Å²) in [7, 11) is 0. The molecule has 2 nitrogen and oxygen atoms in total. The summed E-state index contributed by atoms with van der Waals surface area (Å²) < 4.78 is 0. The van der Waals surface area contributed by atoms with Crippen LogP contribution in [0.2, 0.25) is 0 Å². The fourth-order valence-corrected chi connectivity index (χ4v) is 3.33. The number of allylic oxidation sites excluding steroid dienone is 13. The van der Waals surface area contributed by atoms with Crippen molar-refractivity contribution < 1.29 is 9.90 Å². The fourth-order valence-electron chi connectivity index (χ4n) is 3.33. The van der Waals surface area contributed by atoms with Crippen LogP contribution in [0.5, 0.6) is 0 Å². The van der Waals surface area contributed by atoms with Crippen LogP contribution < -0.4 is 0 Å². The van der Waals surface area contributed by atoms with Crippen LogP contribution in [0.1, 0.15) is 48.0 Å². The first-order chi connectivity index (χ1) is 12.7. The van der Waals surface area contributed by atoms with Crippen molar-refractivity contribution >= 4 is 6.29 Å². The van der Waals surface area contributed by atoms with Gasteiger partial charge in [0.25, 0.3) is 0 Å². The second-order valence-electron chi connectivity index (χ2n) is 8.10. The molecule has 2 heteroatoms. The Balaban J connectivity index is 2.71. The predicted molar refractivity (Wildman–Crippen MR) is 116 cm³/mol. The third kappa shape index (κ3) is 8.36. The molecule has 0 aliphatic heterocycles. The summed E-state index contributed by atoms with van der Waals surface area (Å²) in [5.41, 5.74) is 4.33. The lowest BCUT2D eigenvalue weighted by Gasteiger charge is -2.38. The zero-order valence-electron chi connectivity index (χ0n) is 17.6. The number of rotatable bonds is 7. The first-order valence-electron chi connectivity index (χ1n) is 9.52. The molecule has 0 spiro atoms. The van der Waals surface area contributed by atoms with Crippen molar-refractivity contribution in [3.05, 3.63) is 83.1 Å². The maximum Gasteiger partial charge on any atom is 0.145 e. The minimum absolute atomic E-state index is 0.0627. The Kier molecular flexibility index (Phi) is 9.17.